The Morgan fingerprint density at radius 2 is 1.54 bits per heavy atom. The lowest BCUT2D eigenvalue weighted by atomic mass is 9.81. The first-order valence-electron chi connectivity index (χ1n) is 12.4. The molecule has 2 unspecified atom stereocenters. The number of nitrogens with zero attached hydrogens (tertiary/aromatic N) is 5. The minimum atomic E-state index is -0.801. The number of carbonyl (C=O) groups is 3. The van der Waals surface area contributed by atoms with Crippen molar-refractivity contribution in [1.82, 2.24) is 19.8 Å². The van der Waals surface area contributed by atoms with Crippen molar-refractivity contribution in [1.29, 1.82) is 0 Å². The highest BCUT2D eigenvalue weighted by molar-refractivity contribution is 6.22. The second-order valence-electron chi connectivity index (χ2n) is 9.30. The Labute approximate surface area is 205 Å². The van der Waals surface area contributed by atoms with Crippen molar-refractivity contribution in [2.24, 2.45) is 11.8 Å². The number of fused-ring (bicyclic) bond motifs is 1. The van der Waals surface area contributed by atoms with Gasteiger partial charge in [-0.2, -0.15) is 0 Å². The average Bonchev–Trinajstić information content (AvgIpc) is 3.16. The summed E-state index contributed by atoms with van der Waals surface area (Å²) < 4.78 is 0. The zero-order valence-electron chi connectivity index (χ0n) is 20.0. The van der Waals surface area contributed by atoms with E-state index in [1.54, 1.807) is 30.7 Å². The van der Waals surface area contributed by atoms with E-state index in [2.05, 4.69) is 20.9 Å². The molecule has 186 valence electrons. The molecule has 2 aromatic heterocycles. The molecule has 9 nitrogen and oxygen atoms in total. The van der Waals surface area contributed by atoms with Crippen LogP contribution in [-0.4, -0.2) is 75.5 Å². The van der Waals surface area contributed by atoms with Gasteiger partial charge in [-0.1, -0.05) is 18.9 Å². The van der Waals surface area contributed by atoms with Gasteiger partial charge >= 0.3 is 6.09 Å². The molecule has 35 heavy (non-hydrogen) atoms. The highest BCUT2D eigenvalue weighted by atomic mass is 16.4. The summed E-state index contributed by atoms with van der Waals surface area (Å²) in [6, 6.07) is 7.56. The van der Waals surface area contributed by atoms with Gasteiger partial charge in [0.05, 0.1) is 23.7 Å². The Kier molecular flexibility index (Phi) is 8.41. The number of aromatic nitrogens is 2. The Morgan fingerprint density at radius 1 is 0.914 bits per heavy atom. The van der Waals surface area contributed by atoms with Crippen LogP contribution in [0.3, 0.4) is 0 Å². The van der Waals surface area contributed by atoms with Crippen molar-refractivity contribution < 1.29 is 19.5 Å². The Morgan fingerprint density at radius 3 is 2.09 bits per heavy atom. The lowest BCUT2D eigenvalue weighted by Gasteiger charge is -2.33. The molecule has 3 amide bonds. The number of carbonyl (C=O) groups excluding carboxylic acids is 2. The minimum absolute atomic E-state index is 0.0345. The van der Waals surface area contributed by atoms with Crippen LogP contribution in [0.2, 0.25) is 0 Å². The molecule has 5 rings (SSSR count). The topological polar surface area (TPSA) is 107 Å². The maximum atomic E-state index is 12.2. The number of anilines is 1. The van der Waals surface area contributed by atoms with E-state index in [-0.39, 0.29) is 23.7 Å². The van der Waals surface area contributed by atoms with E-state index < -0.39 is 6.09 Å². The molecule has 2 atom stereocenters. The summed E-state index contributed by atoms with van der Waals surface area (Å²) in [5.74, 6) is -0.242. The van der Waals surface area contributed by atoms with Gasteiger partial charge in [0, 0.05) is 44.8 Å². The highest BCUT2D eigenvalue weighted by Gasteiger charge is 2.48. The maximum absolute atomic E-state index is 12.2. The fourth-order valence-electron chi connectivity index (χ4n) is 5.12. The van der Waals surface area contributed by atoms with E-state index in [0.717, 1.165) is 58.2 Å². The predicted octanol–water partition coefficient (Wildman–Crippen LogP) is 3.07. The van der Waals surface area contributed by atoms with Gasteiger partial charge in [-0.3, -0.25) is 24.5 Å². The van der Waals surface area contributed by atoms with Gasteiger partial charge in [0.25, 0.3) is 0 Å². The second kappa shape index (κ2) is 11.9. The number of rotatable bonds is 5. The summed E-state index contributed by atoms with van der Waals surface area (Å²) in [5, 5.41) is 8.85. The van der Waals surface area contributed by atoms with Crippen molar-refractivity contribution in [2.45, 2.75) is 38.5 Å². The molecule has 1 saturated carbocycles. The number of carboxylic acid groups (broad SMARTS) is 1. The molecule has 9 heteroatoms. The zero-order chi connectivity index (χ0) is 24.6. The van der Waals surface area contributed by atoms with Crippen LogP contribution in [0.15, 0.2) is 49.1 Å². The van der Waals surface area contributed by atoms with Crippen LogP contribution in [0.25, 0.3) is 0 Å². The van der Waals surface area contributed by atoms with Crippen LogP contribution in [0, 0.1) is 11.8 Å². The van der Waals surface area contributed by atoms with Gasteiger partial charge < -0.3 is 10.0 Å². The molecule has 0 radical (unpaired) electrons. The quantitative estimate of drug-likeness (QED) is 0.657. The predicted molar refractivity (Wildman–Crippen MR) is 131 cm³/mol. The number of piperazine rings is 1. The van der Waals surface area contributed by atoms with Crippen LogP contribution in [0.5, 0.6) is 0 Å². The minimum Gasteiger partial charge on any atom is -0.465 e. The molecule has 0 bridgehead atoms. The standard InChI is InChI=1S/C13H19N3O2.C13H14N2O2/c17-13(18)16-9-7-15(8-10-16)6-2-4-12-3-1-5-14-11-12;16-12-10-5-1-2-6-11(10)13(17)15(12)9-4-3-7-14-8-9/h1,3,5,11H,2,4,6-10H2,(H,17,18);3-4,7-8,10-11H,1-2,5-6H2. The molecule has 1 aliphatic carbocycles. The first kappa shape index (κ1) is 24.8. The SMILES string of the molecule is O=C(O)N1CCN(CCCc2cccnc2)CC1.O=C1C2CCCCC2C(=O)N1c1cccnc1. The van der Waals surface area contributed by atoms with Gasteiger partial charge in [0.1, 0.15) is 0 Å². The molecule has 0 spiro atoms. The Bertz CT molecular complexity index is 971. The second-order valence-corrected chi connectivity index (χ2v) is 9.30. The van der Waals surface area contributed by atoms with E-state index >= 15 is 0 Å². The molecule has 3 aliphatic rings. The lowest BCUT2D eigenvalue weighted by molar-refractivity contribution is -0.122. The molecular weight excluding hydrogens is 446 g/mol. The fourth-order valence-corrected chi connectivity index (χ4v) is 5.12. The molecule has 2 aromatic rings. The van der Waals surface area contributed by atoms with E-state index in [4.69, 9.17) is 5.11 Å². The molecule has 4 heterocycles. The van der Waals surface area contributed by atoms with Gasteiger partial charge in [0.2, 0.25) is 11.8 Å². The summed E-state index contributed by atoms with van der Waals surface area (Å²) >= 11 is 0. The summed E-state index contributed by atoms with van der Waals surface area (Å²) in [7, 11) is 0. The molecule has 1 N–H and O–H groups in total. The monoisotopic (exact) mass is 479 g/mol. The van der Waals surface area contributed by atoms with Gasteiger partial charge in [-0.05, 0) is 56.0 Å². The van der Waals surface area contributed by atoms with Crippen LogP contribution in [0.4, 0.5) is 10.5 Å². The fraction of sp³-hybridized carbons (Fsp3) is 0.500. The van der Waals surface area contributed by atoms with Crippen LogP contribution < -0.4 is 4.90 Å². The van der Waals surface area contributed by atoms with Crippen molar-refractivity contribution in [3.63, 3.8) is 0 Å². The number of aryl methyl sites for hydroxylation is 1. The van der Waals surface area contributed by atoms with E-state index in [0.29, 0.717) is 18.8 Å². The van der Waals surface area contributed by atoms with Gasteiger partial charge in [-0.25, -0.2) is 9.69 Å². The first-order chi connectivity index (χ1) is 17.0. The molecular formula is C26H33N5O4. The highest BCUT2D eigenvalue weighted by Crippen LogP contribution is 2.39. The molecule has 2 saturated heterocycles. The molecule has 3 fully saturated rings. The Balaban J connectivity index is 0.000000165. The van der Waals surface area contributed by atoms with Crippen LogP contribution in [0.1, 0.15) is 37.7 Å². The van der Waals surface area contributed by atoms with Crippen LogP contribution >= 0.6 is 0 Å². The third kappa shape index (κ3) is 6.22. The summed E-state index contributed by atoms with van der Waals surface area (Å²) in [6.07, 6.45) is 12.1. The summed E-state index contributed by atoms with van der Waals surface area (Å²) in [4.78, 5) is 48.4. The van der Waals surface area contributed by atoms with E-state index in [1.807, 2.05) is 12.3 Å². The van der Waals surface area contributed by atoms with E-state index in [9.17, 15) is 14.4 Å². The normalized spacial score (nSPS) is 22.4. The van der Waals surface area contributed by atoms with Crippen molar-refractivity contribution in [2.75, 3.05) is 37.6 Å². The summed E-state index contributed by atoms with van der Waals surface area (Å²) in [6.45, 7) is 3.98. The number of imide groups is 1. The average molecular weight is 480 g/mol. The Hall–Kier alpha value is -3.33. The van der Waals surface area contributed by atoms with Crippen molar-refractivity contribution in [3.8, 4) is 0 Å². The molecule has 2 aliphatic heterocycles. The van der Waals surface area contributed by atoms with Crippen LogP contribution in [-0.2, 0) is 16.0 Å². The third-order valence-corrected chi connectivity index (χ3v) is 7.05. The smallest absolute Gasteiger partial charge is 0.407 e. The zero-order valence-corrected chi connectivity index (χ0v) is 20.0. The van der Waals surface area contributed by atoms with Crippen molar-refractivity contribution in [3.05, 3.63) is 54.6 Å². The van der Waals surface area contributed by atoms with Gasteiger partial charge in [0.15, 0.2) is 0 Å². The lowest BCUT2D eigenvalue weighted by Crippen LogP contribution is -2.48. The number of hydrogen-bond acceptors (Lipinski definition) is 6. The number of amides is 3. The number of pyridine rings is 2. The number of hydrogen-bond donors (Lipinski definition) is 1. The maximum Gasteiger partial charge on any atom is 0.407 e. The first-order valence-corrected chi connectivity index (χ1v) is 12.4. The van der Waals surface area contributed by atoms with E-state index in [1.165, 1.54) is 15.4 Å². The van der Waals surface area contributed by atoms with Crippen molar-refractivity contribution >= 4 is 23.6 Å². The molecule has 0 aromatic carbocycles. The van der Waals surface area contributed by atoms with Gasteiger partial charge in [-0.15, -0.1) is 0 Å². The largest absolute Gasteiger partial charge is 0.465 e. The third-order valence-electron chi connectivity index (χ3n) is 7.05. The summed E-state index contributed by atoms with van der Waals surface area (Å²) in [5.41, 5.74) is 1.87.